The number of hydrogen-bond donors (Lipinski definition) is 2. The molecule has 0 saturated carbocycles. The number of rotatable bonds is 9. The summed E-state index contributed by atoms with van der Waals surface area (Å²) in [5.41, 5.74) is 1.19. The molecule has 7 heteroatoms. The lowest BCUT2D eigenvalue weighted by Gasteiger charge is -2.23. The van der Waals surface area contributed by atoms with Gasteiger partial charge in [-0.1, -0.05) is 48.0 Å². The van der Waals surface area contributed by atoms with E-state index in [0.29, 0.717) is 25.7 Å². The van der Waals surface area contributed by atoms with Crippen molar-refractivity contribution in [2.75, 3.05) is 33.4 Å². The lowest BCUT2D eigenvalue weighted by molar-refractivity contribution is 0.0300. The Bertz CT molecular complexity index is 515. The maximum atomic E-state index is 10.0. The minimum Gasteiger partial charge on any atom is -0.389 e. The van der Waals surface area contributed by atoms with E-state index < -0.39 is 6.10 Å². The van der Waals surface area contributed by atoms with Gasteiger partial charge in [-0.25, -0.2) is 0 Å². The molecule has 0 aliphatic heterocycles. The second-order valence-electron chi connectivity index (χ2n) is 6.23. The molecule has 0 aromatic heterocycles. The molecule has 0 radical (unpaired) electrons. The smallest absolute Gasteiger partial charge is 0.194 e. The van der Waals surface area contributed by atoms with Gasteiger partial charge in [-0.15, -0.1) is 24.0 Å². The van der Waals surface area contributed by atoms with Crippen molar-refractivity contribution >= 4 is 45.9 Å². The van der Waals surface area contributed by atoms with Gasteiger partial charge in [0, 0.05) is 31.2 Å². The van der Waals surface area contributed by atoms with E-state index in [-0.39, 0.29) is 24.0 Å². The zero-order valence-corrected chi connectivity index (χ0v) is 19.5. The Balaban J connectivity index is 0.00000576. The van der Waals surface area contributed by atoms with Crippen molar-refractivity contribution < 1.29 is 9.84 Å². The number of aliphatic imine (C=N–C) groups is 1. The van der Waals surface area contributed by atoms with Gasteiger partial charge in [0.1, 0.15) is 0 Å². The molecule has 25 heavy (non-hydrogen) atoms. The predicted molar refractivity (Wildman–Crippen MR) is 119 cm³/mol. The molecule has 0 aliphatic carbocycles. The third-order valence-electron chi connectivity index (χ3n) is 3.28. The van der Waals surface area contributed by atoms with E-state index >= 15 is 0 Å². The molecule has 0 saturated heterocycles. The van der Waals surface area contributed by atoms with Crippen LogP contribution in [0.15, 0.2) is 33.7 Å². The summed E-state index contributed by atoms with van der Waals surface area (Å²) in [6.45, 7) is 9.00. The van der Waals surface area contributed by atoms with Crippen LogP contribution in [-0.2, 0) is 11.3 Å². The van der Waals surface area contributed by atoms with E-state index in [1.807, 2.05) is 37.1 Å². The Morgan fingerprint density at radius 2 is 2.00 bits per heavy atom. The van der Waals surface area contributed by atoms with Crippen LogP contribution in [-0.4, -0.2) is 55.4 Å². The fourth-order valence-electron chi connectivity index (χ4n) is 2.11. The van der Waals surface area contributed by atoms with Gasteiger partial charge in [-0.3, -0.25) is 4.99 Å². The molecular weight excluding hydrogens is 497 g/mol. The predicted octanol–water partition coefficient (Wildman–Crippen LogP) is 3.50. The van der Waals surface area contributed by atoms with E-state index in [4.69, 9.17) is 4.74 Å². The van der Waals surface area contributed by atoms with E-state index in [0.717, 1.165) is 23.5 Å². The van der Waals surface area contributed by atoms with Gasteiger partial charge in [0.2, 0.25) is 0 Å². The van der Waals surface area contributed by atoms with Crippen LogP contribution < -0.4 is 5.32 Å². The highest BCUT2D eigenvalue weighted by Gasteiger charge is 2.10. The Hall–Kier alpha value is -0.380. The van der Waals surface area contributed by atoms with Gasteiger partial charge in [0.15, 0.2) is 5.96 Å². The van der Waals surface area contributed by atoms with Crippen molar-refractivity contribution in [1.29, 1.82) is 0 Å². The first-order valence-electron chi connectivity index (χ1n) is 8.42. The normalized spacial score (nSPS) is 12.7. The summed E-state index contributed by atoms with van der Waals surface area (Å²) in [5, 5.41) is 13.3. The zero-order valence-electron chi connectivity index (χ0n) is 15.5. The maximum absolute atomic E-state index is 10.0. The first-order valence-corrected chi connectivity index (χ1v) is 9.22. The summed E-state index contributed by atoms with van der Waals surface area (Å²) in [6, 6.07) is 8.13. The highest BCUT2D eigenvalue weighted by Crippen LogP contribution is 2.17. The highest BCUT2D eigenvalue weighted by atomic mass is 127. The lowest BCUT2D eigenvalue weighted by Crippen LogP contribution is -2.39. The van der Waals surface area contributed by atoms with Gasteiger partial charge in [0.05, 0.1) is 19.3 Å². The van der Waals surface area contributed by atoms with Gasteiger partial charge in [0.25, 0.3) is 0 Å². The van der Waals surface area contributed by atoms with Crippen molar-refractivity contribution in [3.8, 4) is 0 Å². The van der Waals surface area contributed by atoms with Crippen LogP contribution in [0.1, 0.15) is 26.3 Å². The van der Waals surface area contributed by atoms with E-state index in [9.17, 15) is 5.11 Å². The van der Waals surface area contributed by atoms with Gasteiger partial charge >= 0.3 is 0 Å². The molecule has 0 amide bonds. The van der Waals surface area contributed by atoms with Crippen molar-refractivity contribution in [3.05, 3.63) is 34.3 Å². The minimum atomic E-state index is -0.589. The number of aliphatic hydroxyl groups is 1. The number of hydrogen-bond acceptors (Lipinski definition) is 3. The Morgan fingerprint density at radius 1 is 1.32 bits per heavy atom. The number of guanidine groups is 1. The third-order valence-corrected chi connectivity index (χ3v) is 4.05. The average Bonchev–Trinajstić information content (AvgIpc) is 2.53. The van der Waals surface area contributed by atoms with Crippen LogP contribution in [0.4, 0.5) is 0 Å². The summed E-state index contributed by atoms with van der Waals surface area (Å²) < 4.78 is 6.54. The summed E-state index contributed by atoms with van der Waals surface area (Å²) in [5.74, 6) is 1.24. The Labute approximate surface area is 177 Å². The van der Waals surface area contributed by atoms with Crippen LogP contribution in [0, 0.1) is 5.92 Å². The van der Waals surface area contributed by atoms with Gasteiger partial charge in [-0.2, -0.15) is 0 Å². The zero-order chi connectivity index (χ0) is 17.9. The van der Waals surface area contributed by atoms with Crippen LogP contribution in [0.2, 0.25) is 0 Å². The second kappa shape index (κ2) is 13.8. The molecule has 1 aromatic carbocycles. The third kappa shape index (κ3) is 10.4. The molecule has 144 valence electrons. The average molecular weight is 528 g/mol. The molecule has 0 bridgehead atoms. The van der Waals surface area contributed by atoms with Crippen molar-refractivity contribution in [1.82, 2.24) is 10.2 Å². The fourth-order valence-corrected chi connectivity index (χ4v) is 2.52. The number of ether oxygens (including phenoxy) is 1. The highest BCUT2D eigenvalue weighted by molar-refractivity contribution is 14.0. The molecule has 1 unspecified atom stereocenters. The monoisotopic (exact) mass is 527 g/mol. The molecular formula is C18H31BrIN3O2. The van der Waals surface area contributed by atoms with Crippen LogP contribution in [0.25, 0.3) is 0 Å². The van der Waals surface area contributed by atoms with E-state index in [1.165, 1.54) is 5.56 Å². The van der Waals surface area contributed by atoms with E-state index in [2.05, 4.69) is 46.2 Å². The number of nitrogens with one attached hydrogen (secondary N) is 1. The molecule has 0 fully saturated rings. The topological polar surface area (TPSA) is 57.1 Å². The second-order valence-corrected chi connectivity index (χ2v) is 7.08. The number of halogens is 2. The Kier molecular flexibility index (Phi) is 13.6. The number of benzene rings is 1. The quantitative estimate of drug-likeness (QED) is 0.293. The summed E-state index contributed by atoms with van der Waals surface area (Å²) in [6.07, 6.45) is -0.589. The molecule has 5 nitrogen and oxygen atoms in total. The molecule has 1 rings (SSSR count). The van der Waals surface area contributed by atoms with Gasteiger partial charge in [-0.05, 0) is 24.5 Å². The first kappa shape index (κ1) is 24.6. The largest absolute Gasteiger partial charge is 0.389 e. The number of nitrogens with zero attached hydrogens (tertiary/aromatic N) is 2. The first-order chi connectivity index (χ1) is 11.4. The molecule has 2 N–H and O–H groups in total. The lowest BCUT2D eigenvalue weighted by atomic mass is 10.2. The fraction of sp³-hybridized carbons (Fsp3) is 0.611. The van der Waals surface area contributed by atoms with E-state index in [1.54, 1.807) is 0 Å². The summed E-state index contributed by atoms with van der Waals surface area (Å²) in [7, 11) is 1.99. The molecule has 1 aromatic rings. The summed E-state index contributed by atoms with van der Waals surface area (Å²) >= 11 is 3.57. The molecule has 0 spiro atoms. The SMILES string of the molecule is CCNC(=NCC(O)COCC(C)C)N(C)Cc1ccccc1Br.I. The van der Waals surface area contributed by atoms with Crippen LogP contribution in [0.5, 0.6) is 0 Å². The summed E-state index contributed by atoms with van der Waals surface area (Å²) in [4.78, 5) is 6.57. The Morgan fingerprint density at radius 3 is 2.60 bits per heavy atom. The number of aliphatic hydroxyl groups excluding tert-OH is 1. The molecule has 1 atom stereocenters. The van der Waals surface area contributed by atoms with Crippen molar-refractivity contribution in [2.24, 2.45) is 10.9 Å². The van der Waals surface area contributed by atoms with Crippen LogP contribution >= 0.6 is 39.9 Å². The molecule has 0 heterocycles. The van der Waals surface area contributed by atoms with Crippen molar-refractivity contribution in [3.63, 3.8) is 0 Å². The standard InChI is InChI=1S/C18H30BrN3O2.HI/c1-5-20-18(21-10-16(23)13-24-12-14(2)3)22(4)11-15-8-6-7-9-17(15)19;/h6-9,14,16,23H,5,10-13H2,1-4H3,(H,20,21);1H. The minimum absolute atomic E-state index is 0. The van der Waals surface area contributed by atoms with Crippen LogP contribution in [0.3, 0.4) is 0 Å². The maximum Gasteiger partial charge on any atom is 0.194 e. The van der Waals surface area contributed by atoms with Crippen molar-refractivity contribution in [2.45, 2.75) is 33.4 Å². The molecule has 0 aliphatic rings. The van der Waals surface area contributed by atoms with Gasteiger partial charge < -0.3 is 20.1 Å².